The van der Waals surface area contributed by atoms with Crippen LogP contribution in [0.4, 0.5) is 0 Å². The molecule has 2 fully saturated rings. The van der Waals surface area contributed by atoms with Crippen LogP contribution in [0.5, 0.6) is 0 Å². The number of carbonyl (C=O) groups excluding carboxylic acids is 2. The van der Waals surface area contributed by atoms with Crippen LogP contribution in [0.1, 0.15) is 74.1 Å². The number of piperidine rings is 1. The van der Waals surface area contributed by atoms with Gasteiger partial charge < -0.3 is 16.8 Å². The van der Waals surface area contributed by atoms with Crippen LogP contribution in [0, 0.1) is 25.7 Å². The van der Waals surface area contributed by atoms with Crippen molar-refractivity contribution in [2.75, 3.05) is 13.1 Å². The number of aryl methyl sites for hydroxylation is 2. The van der Waals surface area contributed by atoms with Gasteiger partial charge in [0, 0.05) is 24.4 Å². The normalized spacial score (nSPS) is 22.4. The summed E-state index contributed by atoms with van der Waals surface area (Å²) in [6.07, 6.45) is 8.69. The van der Waals surface area contributed by atoms with E-state index >= 15 is 0 Å². The van der Waals surface area contributed by atoms with Crippen molar-refractivity contribution in [2.45, 2.75) is 83.7 Å². The summed E-state index contributed by atoms with van der Waals surface area (Å²) in [6, 6.07) is 3.27. The zero-order valence-corrected chi connectivity index (χ0v) is 23.5. The average molecular weight is 544 g/mol. The highest BCUT2D eigenvalue weighted by Crippen LogP contribution is 2.35. The first-order valence-corrected chi connectivity index (χ1v) is 15.2. The third-order valence-electron chi connectivity index (χ3n) is 8.46. The molecule has 2 unspecified atom stereocenters. The van der Waals surface area contributed by atoms with E-state index in [1.165, 1.54) is 16.1 Å². The molecule has 4 rings (SSSR count). The van der Waals surface area contributed by atoms with Crippen molar-refractivity contribution in [1.82, 2.24) is 9.62 Å². The summed E-state index contributed by atoms with van der Waals surface area (Å²) in [7, 11) is -3.66. The van der Waals surface area contributed by atoms with E-state index in [0.717, 1.165) is 53.8 Å². The molecule has 1 aliphatic carbocycles. The number of benzene rings is 1. The Labute approximate surface area is 226 Å². The third-order valence-corrected chi connectivity index (χ3v) is 10.0. The first-order chi connectivity index (χ1) is 17.9. The van der Waals surface area contributed by atoms with Crippen molar-refractivity contribution in [3.05, 3.63) is 39.8 Å². The molecule has 2 aliphatic heterocycles. The van der Waals surface area contributed by atoms with Gasteiger partial charge >= 0.3 is 0 Å². The Morgan fingerprint density at radius 1 is 1.18 bits per heavy atom. The minimum atomic E-state index is -3.66. The first kappa shape index (κ1) is 28.4. The van der Waals surface area contributed by atoms with Gasteiger partial charge in [-0.15, -0.1) is 0 Å². The summed E-state index contributed by atoms with van der Waals surface area (Å²) < 4.78 is 27.8. The third kappa shape index (κ3) is 6.02. The van der Waals surface area contributed by atoms with E-state index in [9.17, 15) is 18.0 Å². The second-order valence-corrected chi connectivity index (χ2v) is 13.1. The van der Waals surface area contributed by atoms with E-state index in [1.807, 2.05) is 32.9 Å². The van der Waals surface area contributed by atoms with E-state index < -0.39 is 27.5 Å². The summed E-state index contributed by atoms with van der Waals surface area (Å²) in [5, 5.41) is 4.28. The van der Waals surface area contributed by atoms with Crippen molar-refractivity contribution in [3.63, 3.8) is 0 Å². The summed E-state index contributed by atoms with van der Waals surface area (Å²) in [4.78, 5) is 29.1. The maximum absolute atomic E-state index is 13.2. The van der Waals surface area contributed by atoms with Gasteiger partial charge in [-0.05, 0) is 80.2 Å². The van der Waals surface area contributed by atoms with Crippen LogP contribution in [-0.4, -0.2) is 55.0 Å². The van der Waals surface area contributed by atoms with Crippen molar-refractivity contribution in [1.29, 1.82) is 0 Å². The molecule has 1 saturated heterocycles. The highest BCUT2D eigenvalue weighted by atomic mass is 32.2. The monoisotopic (exact) mass is 543 g/mol. The van der Waals surface area contributed by atoms with Crippen LogP contribution < -0.4 is 16.8 Å². The molecule has 1 aromatic carbocycles. The smallest absolute Gasteiger partial charge is 0.253 e. The van der Waals surface area contributed by atoms with E-state index in [0.29, 0.717) is 25.2 Å². The number of sulfonamides is 1. The summed E-state index contributed by atoms with van der Waals surface area (Å²) in [5.41, 5.74) is 14.1. The zero-order chi connectivity index (χ0) is 27.7. The summed E-state index contributed by atoms with van der Waals surface area (Å²) in [5.74, 6) is 0.414. The lowest BCUT2D eigenvalue weighted by molar-refractivity contribution is -0.125. The van der Waals surface area contributed by atoms with Crippen molar-refractivity contribution >= 4 is 33.7 Å². The fourth-order valence-corrected chi connectivity index (χ4v) is 7.20. The summed E-state index contributed by atoms with van der Waals surface area (Å²) in [6.45, 7) is 6.28. The lowest BCUT2D eigenvalue weighted by Gasteiger charge is -2.34. The number of rotatable bonds is 8. The fraction of sp³-hybridized carbons (Fsp3) is 0.607. The Morgan fingerprint density at radius 2 is 1.79 bits per heavy atom. The topological polar surface area (TPSA) is 148 Å². The molecule has 0 aromatic heterocycles. The van der Waals surface area contributed by atoms with Crippen LogP contribution >= 0.6 is 0 Å². The molecule has 208 valence electrons. The van der Waals surface area contributed by atoms with Crippen LogP contribution in [0.3, 0.4) is 0 Å². The Kier molecular flexibility index (Phi) is 8.44. The zero-order valence-electron chi connectivity index (χ0n) is 22.7. The van der Waals surface area contributed by atoms with Gasteiger partial charge in [-0.25, -0.2) is 8.42 Å². The van der Waals surface area contributed by atoms with E-state index in [-0.39, 0.29) is 24.9 Å². The van der Waals surface area contributed by atoms with E-state index in [2.05, 4.69) is 5.32 Å². The average Bonchev–Trinajstić information content (AvgIpc) is 3.19. The van der Waals surface area contributed by atoms with Gasteiger partial charge in [0.25, 0.3) is 5.91 Å². The molecule has 2 atom stereocenters. The van der Waals surface area contributed by atoms with Gasteiger partial charge in [-0.3, -0.25) is 14.6 Å². The number of primary amides is 1. The predicted molar refractivity (Wildman–Crippen MR) is 150 cm³/mol. The molecule has 0 radical (unpaired) electrons. The molecule has 5 N–H and O–H groups in total. The molecule has 1 saturated carbocycles. The predicted octanol–water partition coefficient (Wildman–Crippen LogP) is 2.54. The molecule has 38 heavy (non-hydrogen) atoms. The van der Waals surface area contributed by atoms with Crippen LogP contribution in [-0.2, 0) is 26.0 Å². The second kappa shape index (κ2) is 11.3. The highest BCUT2D eigenvalue weighted by molar-refractivity contribution is 7.92. The van der Waals surface area contributed by atoms with Crippen LogP contribution in [0.25, 0.3) is 6.08 Å². The number of nitrogens with zero attached hydrogens (tertiary/aromatic N) is 2. The van der Waals surface area contributed by atoms with Crippen molar-refractivity contribution < 1.29 is 18.0 Å². The minimum absolute atomic E-state index is 0.0805. The molecule has 2 amide bonds. The van der Waals surface area contributed by atoms with E-state index in [1.54, 1.807) is 6.08 Å². The van der Waals surface area contributed by atoms with Gasteiger partial charge in [0.2, 0.25) is 15.9 Å². The quantitative estimate of drug-likeness (QED) is 0.461. The minimum Gasteiger partial charge on any atom is -0.368 e. The number of nitrogens with two attached hydrogens (primary N) is 2. The maximum atomic E-state index is 13.2. The van der Waals surface area contributed by atoms with Crippen molar-refractivity contribution in [3.8, 4) is 0 Å². The highest BCUT2D eigenvalue weighted by Gasteiger charge is 2.48. The van der Waals surface area contributed by atoms with Gasteiger partial charge in [0.1, 0.15) is 11.4 Å². The number of carbonyl (C=O) groups is 2. The van der Waals surface area contributed by atoms with Gasteiger partial charge in [-0.1, -0.05) is 38.3 Å². The van der Waals surface area contributed by atoms with Crippen LogP contribution in [0.15, 0.2) is 22.5 Å². The molecule has 0 bridgehead atoms. The number of hydrogen-bond acceptors (Lipinski definition) is 6. The lowest BCUT2D eigenvalue weighted by atomic mass is 9.88. The number of nitrogens with one attached hydrogen (secondary N) is 1. The molecule has 1 spiro atoms. The van der Waals surface area contributed by atoms with Crippen LogP contribution in [0.2, 0.25) is 0 Å². The Morgan fingerprint density at radius 3 is 2.37 bits per heavy atom. The molecule has 10 heteroatoms. The molecule has 1 aromatic rings. The van der Waals surface area contributed by atoms with Crippen molar-refractivity contribution in [2.24, 2.45) is 28.3 Å². The van der Waals surface area contributed by atoms with Gasteiger partial charge in [0.15, 0.2) is 0 Å². The Bertz CT molecular complexity index is 1220. The first-order valence-electron chi connectivity index (χ1n) is 13.7. The number of amidine groups is 1. The molecule has 9 nitrogen and oxygen atoms in total. The number of hydrogen-bond donors (Lipinski definition) is 3. The molecule has 2 heterocycles. The molecule has 3 aliphatic rings. The van der Waals surface area contributed by atoms with Gasteiger partial charge in [0.05, 0.1) is 6.04 Å². The lowest BCUT2D eigenvalue weighted by Crippen LogP contribution is -2.50. The molecular weight excluding hydrogens is 502 g/mol. The Hall–Kier alpha value is -2.56. The summed E-state index contributed by atoms with van der Waals surface area (Å²) >= 11 is 0. The standard InChI is InChI=1S/C28H41N5O4S/c1-18-15-21(17-20(3)24(29)25(30)34)16-19(2)23(18)9-14-38(36,37)33-12-10-28(11-13-33)27(35)31-26(32-28)22-7-5-4-6-8-22/h9,14-16,20,22,24H,4-8,10-13,17,29H2,1-3H3,(H2,30,34)(H,31,32,35). The largest absolute Gasteiger partial charge is 0.368 e. The van der Waals surface area contributed by atoms with Gasteiger partial charge in [-0.2, -0.15) is 4.31 Å². The number of aliphatic imine (C=N–C) groups is 1. The number of amides is 2. The second-order valence-electron chi connectivity index (χ2n) is 11.3. The Balaban J connectivity index is 1.42. The fourth-order valence-electron chi connectivity index (χ4n) is 6.03. The van der Waals surface area contributed by atoms with E-state index in [4.69, 9.17) is 16.5 Å². The maximum Gasteiger partial charge on any atom is 0.253 e. The molecular formula is C28H41N5O4S. The SMILES string of the molecule is Cc1cc(CC(C)C(N)C(N)=O)cc(C)c1C=CS(=O)(=O)N1CCC2(CC1)N=C(C1CCCCC1)NC2=O.